The second kappa shape index (κ2) is 9.67. The van der Waals surface area contributed by atoms with Crippen molar-refractivity contribution in [2.75, 3.05) is 13.6 Å². The van der Waals surface area contributed by atoms with Gasteiger partial charge in [0, 0.05) is 30.3 Å². The average Bonchev–Trinajstić information content (AvgIpc) is 3.09. The first-order valence-electron chi connectivity index (χ1n) is 7.18. The zero-order valence-corrected chi connectivity index (χ0v) is 17.9. The molecule has 2 aromatic heterocycles. The number of nitrogens with one attached hydrogen (secondary N) is 2. The second-order valence-corrected chi connectivity index (χ2v) is 7.20. The maximum absolute atomic E-state index is 12.5. The maximum Gasteiger partial charge on any atom is 0.434 e. The molecule has 0 atom stereocenters. The predicted molar refractivity (Wildman–Crippen MR) is 106 cm³/mol. The molecule has 0 aliphatic carbocycles. The fourth-order valence-electron chi connectivity index (χ4n) is 1.97. The van der Waals surface area contributed by atoms with Crippen molar-refractivity contribution in [3.63, 3.8) is 0 Å². The minimum atomic E-state index is -4.38. The number of rotatable bonds is 5. The van der Waals surface area contributed by atoms with E-state index in [1.54, 1.807) is 18.4 Å². The first kappa shape index (κ1) is 22.1. The molecule has 2 rings (SSSR count). The number of hydrogen-bond donors (Lipinski definition) is 2. The van der Waals surface area contributed by atoms with Crippen LogP contribution in [0.1, 0.15) is 26.3 Å². The Morgan fingerprint density at radius 2 is 1.96 bits per heavy atom. The number of hydrogen-bond acceptors (Lipinski definition) is 5. The van der Waals surface area contributed by atoms with Crippen molar-refractivity contribution in [3.8, 4) is 0 Å². The third kappa shape index (κ3) is 6.70. The van der Waals surface area contributed by atoms with Gasteiger partial charge in [0.05, 0.1) is 22.3 Å². The molecule has 0 bridgehead atoms. The number of thiazole rings is 2. The van der Waals surface area contributed by atoms with Crippen molar-refractivity contribution in [2.45, 2.75) is 33.0 Å². The lowest BCUT2D eigenvalue weighted by Gasteiger charge is -2.10. The fourth-order valence-corrected chi connectivity index (χ4v) is 3.65. The van der Waals surface area contributed by atoms with E-state index < -0.39 is 11.9 Å². The summed E-state index contributed by atoms with van der Waals surface area (Å²) in [6, 6.07) is 0. The summed E-state index contributed by atoms with van der Waals surface area (Å²) in [7, 11) is 1.64. The summed E-state index contributed by atoms with van der Waals surface area (Å²) in [6.07, 6.45) is -3.98. The number of aliphatic imine (C=N–C) groups is 1. The van der Waals surface area contributed by atoms with Gasteiger partial charge in [-0.15, -0.1) is 46.7 Å². The molecule has 0 aromatic carbocycles. The minimum Gasteiger partial charge on any atom is -0.356 e. The largest absolute Gasteiger partial charge is 0.434 e. The summed E-state index contributed by atoms with van der Waals surface area (Å²) in [4.78, 5) is 13.2. The molecule has 140 valence electrons. The lowest BCUT2D eigenvalue weighted by molar-refractivity contribution is -0.140. The molecule has 2 heterocycles. The van der Waals surface area contributed by atoms with Crippen molar-refractivity contribution in [1.82, 2.24) is 20.6 Å². The summed E-state index contributed by atoms with van der Waals surface area (Å²) >= 11 is 2.63. The van der Waals surface area contributed by atoms with E-state index >= 15 is 0 Å². The molecule has 0 fully saturated rings. The van der Waals surface area contributed by atoms with E-state index in [1.807, 2.05) is 13.8 Å². The molecule has 2 aromatic rings. The number of halogens is 4. The Balaban J connectivity index is 0.00000312. The van der Waals surface area contributed by atoms with Crippen LogP contribution in [0.5, 0.6) is 0 Å². The van der Waals surface area contributed by atoms with Crippen molar-refractivity contribution in [3.05, 3.63) is 31.7 Å². The van der Waals surface area contributed by atoms with E-state index in [-0.39, 0.29) is 24.0 Å². The Morgan fingerprint density at radius 1 is 1.24 bits per heavy atom. The number of guanidine groups is 1. The van der Waals surface area contributed by atoms with Gasteiger partial charge < -0.3 is 10.6 Å². The van der Waals surface area contributed by atoms with Gasteiger partial charge in [-0.1, -0.05) is 0 Å². The van der Waals surface area contributed by atoms with E-state index in [0.717, 1.165) is 32.3 Å². The molecule has 0 amide bonds. The molecule has 0 aliphatic rings. The Morgan fingerprint density at radius 3 is 2.48 bits per heavy atom. The molecular formula is C14H19F3IN5S2. The number of aryl methyl sites for hydroxylation is 2. The summed E-state index contributed by atoms with van der Waals surface area (Å²) in [5.74, 6) is 0.591. The standard InChI is InChI=1S/C14H18F3N5S2.HI/c1-8-10(24-9(2)21-8)6-20-13(18-3)19-5-4-12-22-11(7-23-12)14(15,16)17;/h7H,4-6H2,1-3H3,(H2,18,19,20);1H. The first-order valence-corrected chi connectivity index (χ1v) is 8.88. The second-order valence-electron chi connectivity index (χ2n) is 4.97. The highest BCUT2D eigenvalue weighted by molar-refractivity contribution is 14.0. The van der Waals surface area contributed by atoms with E-state index in [2.05, 4.69) is 25.6 Å². The normalized spacial score (nSPS) is 12.0. The van der Waals surface area contributed by atoms with Crippen molar-refractivity contribution >= 4 is 52.6 Å². The van der Waals surface area contributed by atoms with Crippen LogP contribution in [0.3, 0.4) is 0 Å². The molecule has 11 heteroatoms. The van der Waals surface area contributed by atoms with Gasteiger partial charge in [0.25, 0.3) is 0 Å². The smallest absolute Gasteiger partial charge is 0.356 e. The molecular weight excluding hydrogens is 486 g/mol. The van der Waals surface area contributed by atoms with Gasteiger partial charge in [0.15, 0.2) is 11.7 Å². The molecule has 0 unspecified atom stereocenters. The summed E-state index contributed by atoms with van der Waals surface area (Å²) in [5, 5.41) is 8.73. The van der Waals surface area contributed by atoms with Crippen LogP contribution in [-0.2, 0) is 19.1 Å². The van der Waals surface area contributed by atoms with Crippen LogP contribution < -0.4 is 10.6 Å². The lowest BCUT2D eigenvalue weighted by Crippen LogP contribution is -2.37. The third-order valence-electron chi connectivity index (χ3n) is 3.11. The molecule has 0 saturated heterocycles. The molecule has 25 heavy (non-hydrogen) atoms. The van der Waals surface area contributed by atoms with Crippen LogP contribution >= 0.6 is 46.7 Å². The summed E-state index contributed by atoms with van der Waals surface area (Å²) < 4.78 is 37.5. The van der Waals surface area contributed by atoms with Crippen molar-refractivity contribution < 1.29 is 13.2 Å². The Kier molecular flexibility index (Phi) is 8.54. The van der Waals surface area contributed by atoms with Gasteiger partial charge >= 0.3 is 6.18 Å². The van der Waals surface area contributed by atoms with Gasteiger partial charge in [-0.3, -0.25) is 4.99 Å². The highest BCUT2D eigenvalue weighted by atomic mass is 127. The van der Waals surface area contributed by atoms with Gasteiger partial charge in [-0.05, 0) is 13.8 Å². The minimum absolute atomic E-state index is 0. The van der Waals surface area contributed by atoms with E-state index in [4.69, 9.17) is 0 Å². The highest BCUT2D eigenvalue weighted by Gasteiger charge is 2.33. The monoisotopic (exact) mass is 505 g/mol. The topological polar surface area (TPSA) is 62.2 Å². The van der Waals surface area contributed by atoms with Crippen molar-refractivity contribution in [2.24, 2.45) is 4.99 Å². The summed E-state index contributed by atoms with van der Waals surface area (Å²) in [5.41, 5.74) is 0.156. The zero-order valence-electron chi connectivity index (χ0n) is 13.9. The van der Waals surface area contributed by atoms with Gasteiger partial charge in [-0.25, -0.2) is 9.97 Å². The Bertz CT molecular complexity index is 712. The highest BCUT2D eigenvalue weighted by Crippen LogP contribution is 2.30. The fraction of sp³-hybridized carbons (Fsp3) is 0.500. The SMILES string of the molecule is CN=C(NCCc1nc(C(F)(F)F)cs1)NCc1sc(C)nc1C.I. The number of nitrogens with zero attached hydrogens (tertiary/aromatic N) is 3. The van der Waals surface area contributed by atoms with Gasteiger partial charge in [-0.2, -0.15) is 13.2 Å². The number of alkyl halides is 3. The molecule has 5 nitrogen and oxygen atoms in total. The Hall–Kier alpha value is -0.950. The maximum atomic E-state index is 12.5. The van der Waals surface area contributed by atoms with E-state index in [1.165, 1.54) is 0 Å². The molecule has 0 radical (unpaired) electrons. The van der Waals surface area contributed by atoms with Crippen LogP contribution in [0.15, 0.2) is 10.4 Å². The van der Waals surface area contributed by atoms with E-state index in [9.17, 15) is 13.2 Å². The van der Waals surface area contributed by atoms with Crippen LogP contribution in [-0.4, -0.2) is 29.5 Å². The van der Waals surface area contributed by atoms with Crippen LogP contribution in [0.25, 0.3) is 0 Å². The van der Waals surface area contributed by atoms with Crippen molar-refractivity contribution in [1.29, 1.82) is 0 Å². The third-order valence-corrected chi connectivity index (χ3v) is 5.09. The quantitative estimate of drug-likeness (QED) is 0.369. The van der Waals surface area contributed by atoms with Crippen LogP contribution in [0.4, 0.5) is 13.2 Å². The van der Waals surface area contributed by atoms with Gasteiger partial charge in [0.1, 0.15) is 0 Å². The summed E-state index contributed by atoms with van der Waals surface area (Å²) in [6.45, 7) is 4.96. The van der Waals surface area contributed by atoms with Crippen LogP contribution in [0.2, 0.25) is 0 Å². The zero-order chi connectivity index (χ0) is 17.7. The molecule has 0 spiro atoms. The molecule has 2 N–H and O–H groups in total. The number of aromatic nitrogens is 2. The average molecular weight is 505 g/mol. The lowest BCUT2D eigenvalue weighted by atomic mass is 10.4. The van der Waals surface area contributed by atoms with Gasteiger partial charge in [0.2, 0.25) is 0 Å². The van der Waals surface area contributed by atoms with Crippen LogP contribution in [0, 0.1) is 13.8 Å². The first-order chi connectivity index (χ1) is 11.3. The van der Waals surface area contributed by atoms with E-state index in [0.29, 0.717) is 30.5 Å². The molecule has 0 saturated carbocycles. The molecule has 0 aliphatic heterocycles. The Labute approximate surface area is 169 Å². The predicted octanol–water partition coefficient (Wildman–Crippen LogP) is 3.76.